The van der Waals surface area contributed by atoms with Crippen molar-refractivity contribution in [2.24, 2.45) is 0 Å². The van der Waals surface area contributed by atoms with E-state index < -0.39 is 27.8 Å². The molecule has 1 unspecified atom stereocenters. The maximum absolute atomic E-state index is 13.2. The normalized spacial score (nSPS) is 16.8. The first-order valence-corrected chi connectivity index (χ1v) is 12.3. The first kappa shape index (κ1) is 22.4. The third kappa shape index (κ3) is 4.38. The molecule has 0 radical (unpaired) electrons. The average molecular weight is 476 g/mol. The number of hydrogen-bond donors (Lipinski definition) is 1. The van der Waals surface area contributed by atoms with E-state index >= 15 is 0 Å². The number of carbonyl (C=O) groups excluding carboxylic acids is 1. The zero-order valence-corrected chi connectivity index (χ0v) is 19.2. The lowest BCUT2D eigenvalue weighted by Gasteiger charge is -2.23. The van der Waals surface area contributed by atoms with E-state index in [4.69, 9.17) is 4.74 Å². The Morgan fingerprint density at radius 2 is 2.00 bits per heavy atom. The summed E-state index contributed by atoms with van der Waals surface area (Å²) in [5.41, 5.74) is 2.57. The van der Waals surface area contributed by atoms with Crippen LogP contribution in [0, 0.1) is 12.7 Å². The summed E-state index contributed by atoms with van der Waals surface area (Å²) in [7, 11) is -2.30. The Balaban J connectivity index is 1.50. The van der Waals surface area contributed by atoms with E-state index in [1.54, 1.807) is 7.11 Å². The number of nitrogens with one attached hydrogen (secondary N) is 1. The number of rotatable bonds is 6. The largest absolute Gasteiger partial charge is 0.496 e. The number of anilines is 1. The molecule has 2 aromatic carbocycles. The molecule has 3 aromatic rings. The number of nitrogens with zero attached hydrogens (tertiary/aromatic N) is 2. The molecule has 168 valence electrons. The van der Waals surface area contributed by atoms with E-state index in [9.17, 15) is 17.6 Å². The van der Waals surface area contributed by atoms with Crippen LogP contribution in [0.25, 0.3) is 11.3 Å². The molecule has 1 aliphatic heterocycles. The van der Waals surface area contributed by atoms with Gasteiger partial charge in [-0.25, -0.2) is 17.8 Å². The number of aryl methyl sites for hydroxylation is 1. The molecule has 1 atom stereocenters. The predicted molar refractivity (Wildman–Crippen MR) is 121 cm³/mol. The average Bonchev–Trinajstić information content (AvgIpc) is 3.44. The van der Waals surface area contributed by atoms with Crippen LogP contribution < -0.4 is 10.1 Å². The summed E-state index contributed by atoms with van der Waals surface area (Å²) < 4.78 is 45.6. The minimum Gasteiger partial charge on any atom is -0.496 e. The van der Waals surface area contributed by atoms with Gasteiger partial charge in [-0.3, -0.25) is 4.79 Å². The van der Waals surface area contributed by atoms with Crippen LogP contribution in [0.1, 0.15) is 18.4 Å². The number of ether oxygens (including phenoxy) is 1. The second-order valence-electron chi connectivity index (χ2n) is 7.44. The van der Waals surface area contributed by atoms with Gasteiger partial charge in [-0.1, -0.05) is 0 Å². The number of methoxy groups -OCH3 is 1. The van der Waals surface area contributed by atoms with Crippen molar-refractivity contribution in [1.82, 2.24) is 9.29 Å². The number of benzene rings is 2. The van der Waals surface area contributed by atoms with Crippen molar-refractivity contribution in [3.8, 4) is 17.0 Å². The first-order valence-electron chi connectivity index (χ1n) is 9.98. The van der Waals surface area contributed by atoms with Crippen LogP contribution >= 0.6 is 11.3 Å². The molecule has 0 saturated carbocycles. The van der Waals surface area contributed by atoms with Gasteiger partial charge in [0.05, 0.1) is 17.7 Å². The molecule has 1 saturated heterocycles. The van der Waals surface area contributed by atoms with Gasteiger partial charge in [-0.2, -0.15) is 4.31 Å². The molecule has 1 aliphatic rings. The lowest BCUT2D eigenvalue weighted by atomic mass is 10.1. The highest BCUT2D eigenvalue weighted by Crippen LogP contribution is 2.30. The van der Waals surface area contributed by atoms with Gasteiger partial charge in [0, 0.05) is 17.5 Å². The van der Waals surface area contributed by atoms with Crippen molar-refractivity contribution in [2.45, 2.75) is 30.7 Å². The molecule has 4 rings (SSSR count). The Morgan fingerprint density at radius 3 is 2.69 bits per heavy atom. The molecule has 0 spiro atoms. The van der Waals surface area contributed by atoms with Crippen molar-refractivity contribution >= 4 is 32.4 Å². The summed E-state index contributed by atoms with van der Waals surface area (Å²) in [6.45, 7) is 2.17. The van der Waals surface area contributed by atoms with Crippen LogP contribution in [-0.2, 0) is 14.8 Å². The summed E-state index contributed by atoms with van der Waals surface area (Å²) >= 11 is 1.27. The van der Waals surface area contributed by atoms with Crippen molar-refractivity contribution in [1.29, 1.82) is 0 Å². The van der Waals surface area contributed by atoms with Crippen molar-refractivity contribution < 1.29 is 22.3 Å². The van der Waals surface area contributed by atoms with Gasteiger partial charge in [-0.05, 0) is 67.8 Å². The topological polar surface area (TPSA) is 88.6 Å². The van der Waals surface area contributed by atoms with Crippen LogP contribution in [-0.4, -0.2) is 43.3 Å². The second kappa shape index (κ2) is 8.97. The molecular weight excluding hydrogens is 453 g/mol. The molecule has 0 aliphatic carbocycles. The van der Waals surface area contributed by atoms with Gasteiger partial charge in [0.2, 0.25) is 15.9 Å². The molecule has 10 heteroatoms. The van der Waals surface area contributed by atoms with E-state index in [1.165, 1.54) is 27.8 Å². The summed E-state index contributed by atoms with van der Waals surface area (Å²) in [6, 6.07) is 9.46. The number of halogens is 1. The fourth-order valence-corrected chi connectivity index (χ4v) is 6.10. The van der Waals surface area contributed by atoms with Crippen LogP contribution in [0.15, 0.2) is 52.7 Å². The number of carbonyl (C=O) groups is 1. The number of sulfonamides is 1. The molecule has 2 heterocycles. The van der Waals surface area contributed by atoms with Crippen LogP contribution in [0.4, 0.5) is 9.52 Å². The highest BCUT2D eigenvalue weighted by molar-refractivity contribution is 7.89. The molecule has 1 fully saturated rings. The Hall–Kier alpha value is -2.82. The van der Waals surface area contributed by atoms with E-state index in [0.29, 0.717) is 23.7 Å². The van der Waals surface area contributed by atoms with Gasteiger partial charge in [0.25, 0.3) is 0 Å². The fraction of sp³-hybridized carbons (Fsp3) is 0.273. The Bertz CT molecular complexity index is 1240. The Morgan fingerprint density at radius 1 is 1.25 bits per heavy atom. The van der Waals surface area contributed by atoms with Gasteiger partial charge < -0.3 is 10.1 Å². The van der Waals surface area contributed by atoms with Crippen molar-refractivity contribution in [3.05, 3.63) is 59.2 Å². The molecule has 0 bridgehead atoms. The van der Waals surface area contributed by atoms with Gasteiger partial charge in [-0.15, -0.1) is 11.3 Å². The number of thiazole rings is 1. The zero-order chi connectivity index (χ0) is 22.9. The maximum atomic E-state index is 13.2. The Kier molecular flexibility index (Phi) is 6.27. The standard InChI is InChI=1S/C22H22FN3O4S2/c1-14-12-15(5-10-20(14)30-2)18-13-31-22(24-18)25-21(27)19-4-3-11-26(19)32(28,29)17-8-6-16(23)7-9-17/h5-10,12-13,19H,3-4,11H2,1-2H3,(H,24,25,27). The van der Waals surface area contributed by atoms with E-state index in [1.807, 2.05) is 30.5 Å². The van der Waals surface area contributed by atoms with E-state index in [2.05, 4.69) is 10.3 Å². The monoisotopic (exact) mass is 475 g/mol. The van der Waals surface area contributed by atoms with Crippen molar-refractivity contribution in [2.75, 3.05) is 19.0 Å². The fourth-order valence-electron chi connectivity index (χ4n) is 3.72. The molecule has 1 N–H and O–H groups in total. The van der Waals surface area contributed by atoms with Crippen molar-refractivity contribution in [3.63, 3.8) is 0 Å². The first-order chi connectivity index (χ1) is 15.3. The third-order valence-corrected chi connectivity index (χ3v) is 8.03. The van der Waals surface area contributed by atoms with Gasteiger partial charge >= 0.3 is 0 Å². The smallest absolute Gasteiger partial charge is 0.244 e. The molecular formula is C22H22FN3O4S2. The van der Waals surface area contributed by atoms with Gasteiger partial charge in [0.15, 0.2) is 5.13 Å². The van der Waals surface area contributed by atoms with E-state index in [-0.39, 0.29) is 11.4 Å². The zero-order valence-electron chi connectivity index (χ0n) is 17.5. The highest BCUT2D eigenvalue weighted by Gasteiger charge is 2.39. The minimum absolute atomic E-state index is 0.0370. The minimum atomic E-state index is -3.91. The Labute approximate surface area is 189 Å². The maximum Gasteiger partial charge on any atom is 0.244 e. The lowest BCUT2D eigenvalue weighted by molar-refractivity contribution is -0.119. The molecule has 1 amide bonds. The quantitative estimate of drug-likeness (QED) is 0.581. The van der Waals surface area contributed by atoms with E-state index in [0.717, 1.165) is 29.0 Å². The number of aromatic nitrogens is 1. The summed E-state index contributed by atoms with van der Waals surface area (Å²) in [6.07, 6.45) is 0.967. The highest BCUT2D eigenvalue weighted by atomic mass is 32.2. The lowest BCUT2D eigenvalue weighted by Crippen LogP contribution is -2.43. The molecule has 32 heavy (non-hydrogen) atoms. The summed E-state index contributed by atoms with van der Waals surface area (Å²) in [5.74, 6) is -0.174. The molecule has 1 aromatic heterocycles. The summed E-state index contributed by atoms with van der Waals surface area (Å²) in [5, 5.41) is 4.98. The van der Waals surface area contributed by atoms with Crippen LogP contribution in [0.5, 0.6) is 5.75 Å². The van der Waals surface area contributed by atoms with Crippen LogP contribution in [0.2, 0.25) is 0 Å². The second-order valence-corrected chi connectivity index (χ2v) is 10.2. The third-order valence-electron chi connectivity index (χ3n) is 5.35. The number of hydrogen-bond acceptors (Lipinski definition) is 6. The predicted octanol–water partition coefficient (Wildman–Crippen LogP) is 4.06. The SMILES string of the molecule is COc1ccc(-c2csc(NC(=O)C3CCCN3S(=O)(=O)c3ccc(F)cc3)n2)cc1C. The number of amides is 1. The summed E-state index contributed by atoms with van der Waals surface area (Å²) in [4.78, 5) is 17.4. The van der Waals surface area contributed by atoms with Gasteiger partial charge in [0.1, 0.15) is 17.6 Å². The van der Waals surface area contributed by atoms with Crippen LogP contribution in [0.3, 0.4) is 0 Å². The molecule has 7 nitrogen and oxygen atoms in total.